The van der Waals surface area contributed by atoms with E-state index in [0.717, 1.165) is 6.42 Å². The highest BCUT2D eigenvalue weighted by atomic mass is 19.1. The van der Waals surface area contributed by atoms with E-state index in [1.165, 1.54) is 28.9 Å². The zero-order valence-electron chi connectivity index (χ0n) is 9.80. The molecule has 0 radical (unpaired) electrons. The summed E-state index contributed by atoms with van der Waals surface area (Å²) in [5, 5.41) is 13.5. The van der Waals surface area contributed by atoms with E-state index in [9.17, 15) is 9.18 Å². The average molecular weight is 249 g/mol. The van der Waals surface area contributed by atoms with Crippen LogP contribution in [0.4, 0.5) is 10.3 Å². The second kappa shape index (κ2) is 5.35. The SMILES string of the molecule is CCCn1nnnc1NC(=O)c1ccc(F)cc1. The third-order valence-electron chi connectivity index (χ3n) is 2.30. The first-order valence-corrected chi connectivity index (χ1v) is 5.54. The molecule has 0 aliphatic rings. The first-order chi connectivity index (χ1) is 8.70. The quantitative estimate of drug-likeness (QED) is 0.890. The summed E-state index contributed by atoms with van der Waals surface area (Å²) >= 11 is 0. The fraction of sp³-hybridized carbons (Fsp3) is 0.273. The number of amides is 1. The molecule has 1 heterocycles. The summed E-state index contributed by atoms with van der Waals surface area (Å²) in [7, 11) is 0. The van der Waals surface area contributed by atoms with E-state index in [1.54, 1.807) is 0 Å². The van der Waals surface area contributed by atoms with Gasteiger partial charge in [-0.1, -0.05) is 12.0 Å². The van der Waals surface area contributed by atoms with Crippen LogP contribution >= 0.6 is 0 Å². The number of nitrogens with one attached hydrogen (secondary N) is 1. The topological polar surface area (TPSA) is 72.7 Å². The fourth-order valence-electron chi connectivity index (χ4n) is 1.43. The van der Waals surface area contributed by atoms with Crippen LogP contribution in [0, 0.1) is 5.82 Å². The van der Waals surface area contributed by atoms with Crippen LogP contribution in [0.25, 0.3) is 0 Å². The van der Waals surface area contributed by atoms with Crippen molar-refractivity contribution in [2.45, 2.75) is 19.9 Å². The van der Waals surface area contributed by atoms with Crippen LogP contribution < -0.4 is 5.32 Å². The van der Waals surface area contributed by atoms with Gasteiger partial charge in [-0.15, -0.1) is 0 Å². The summed E-state index contributed by atoms with van der Waals surface area (Å²) in [5.41, 5.74) is 0.349. The van der Waals surface area contributed by atoms with Crippen molar-refractivity contribution in [3.05, 3.63) is 35.6 Å². The Morgan fingerprint density at radius 1 is 1.39 bits per heavy atom. The highest BCUT2D eigenvalue weighted by molar-refractivity contribution is 6.03. The van der Waals surface area contributed by atoms with Gasteiger partial charge in [0.1, 0.15) is 5.82 Å². The molecule has 0 atom stereocenters. The molecule has 18 heavy (non-hydrogen) atoms. The van der Waals surface area contributed by atoms with Crippen LogP contribution in [-0.4, -0.2) is 26.1 Å². The number of hydrogen-bond acceptors (Lipinski definition) is 4. The van der Waals surface area contributed by atoms with Gasteiger partial charge >= 0.3 is 0 Å². The molecule has 1 amide bonds. The largest absolute Gasteiger partial charge is 0.289 e. The highest BCUT2D eigenvalue weighted by Crippen LogP contribution is 2.07. The van der Waals surface area contributed by atoms with Crippen molar-refractivity contribution in [2.24, 2.45) is 0 Å². The molecule has 1 aromatic heterocycles. The Labute approximate surface area is 103 Å². The van der Waals surface area contributed by atoms with Crippen molar-refractivity contribution in [3.8, 4) is 0 Å². The van der Waals surface area contributed by atoms with E-state index in [1.807, 2.05) is 6.92 Å². The molecule has 6 nitrogen and oxygen atoms in total. The standard InChI is InChI=1S/C11H12FN5O/c1-2-7-17-11(14-15-16-17)13-10(18)8-3-5-9(12)6-4-8/h3-6H,2,7H2,1H3,(H,13,14,16,18). The minimum absolute atomic E-state index is 0.283. The van der Waals surface area contributed by atoms with Gasteiger partial charge in [-0.05, 0) is 41.1 Å². The zero-order valence-corrected chi connectivity index (χ0v) is 9.80. The van der Waals surface area contributed by atoms with Gasteiger partial charge in [-0.2, -0.15) is 0 Å². The first-order valence-electron chi connectivity index (χ1n) is 5.54. The lowest BCUT2D eigenvalue weighted by Gasteiger charge is -2.04. The van der Waals surface area contributed by atoms with Gasteiger partial charge in [-0.25, -0.2) is 9.07 Å². The maximum Gasteiger partial charge on any atom is 0.258 e. The van der Waals surface area contributed by atoms with E-state index in [2.05, 4.69) is 20.8 Å². The number of anilines is 1. The number of rotatable bonds is 4. The molecular weight excluding hydrogens is 237 g/mol. The van der Waals surface area contributed by atoms with Crippen molar-refractivity contribution >= 4 is 11.9 Å². The first kappa shape index (κ1) is 12.2. The normalized spacial score (nSPS) is 10.3. The van der Waals surface area contributed by atoms with Crippen molar-refractivity contribution in [1.82, 2.24) is 20.2 Å². The van der Waals surface area contributed by atoms with E-state index in [0.29, 0.717) is 12.1 Å². The Balaban J connectivity index is 2.11. The maximum atomic E-state index is 12.7. The molecular formula is C11H12FN5O. The second-order valence-corrected chi connectivity index (χ2v) is 3.69. The van der Waals surface area contributed by atoms with Gasteiger partial charge in [0.05, 0.1) is 0 Å². The van der Waals surface area contributed by atoms with Crippen LogP contribution in [0.1, 0.15) is 23.7 Å². The number of aromatic nitrogens is 4. The summed E-state index contributed by atoms with van der Waals surface area (Å²) in [6.07, 6.45) is 0.852. The molecule has 94 valence electrons. The van der Waals surface area contributed by atoms with Crippen molar-refractivity contribution in [1.29, 1.82) is 0 Å². The van der Waals surface area contributed by atoms with Crippen LogP contribution in [0.5, 0.6) is 0 Å². The van der Waals surface area contributed by atoms with Gasteiger partial charge < -0.3 is 0 Å². The number of carbonyl (C=O) groups excluding carboxylic acids is 1. The molecule has 1 aromatic carbocycles. The van der Waals surface area contributed by atoms with E-state index >= 15 is 0 Å². The molecule has 7 heteroatoms. The van der Waals surface area contributed by atoms with Gasteiger partial charge in [0.15, 0.2) is 0 Å². The molecule has 0 bridgehead atoms. The molecule has 2 aromatic rings. The Morgan fingerprint density at radius 2 is 2.11 bits per heavy atom. The second-order valence-electron chi connectivity index (χ2n) is 3.69. The van der Waals surface area contributed by atoms with Gasteiger partial charge in [0.2, 0.25) is 5.95 Å². The van der Waals surface area contributed by atoms with E-state index in [4.69, 9.17) is 0 Å². The summed E-state index contributed by atoms with van der Waals surface area (Å²) in [6.45, 7) is 2.60. The van der Waals surface area contributed by atoms with Crippen molar-refractivity contribution in [3.63, 3.8) is 0 Å². The average Bonchev–Trinajstić information content (AvgIpc) is 2.78. The highest BCUT2D eigenvalue weighted by Gasteiger charge is 2.11. The van der Waals surface area contributed by atoms with Crippen LogP contribution in [0.2, 0.25) is 0 Å². The van der Waals surface area contributed by atoms with Crippen molar-refractivity contribution in [2.75, 3.05) is 5.32 Å². The molecule has 0 fully saturated rings. The van der Waals surface area contributed by atoms with Crippen LogP contribution in [0.15, 0.2) is 24.3 Å². The Bertz CT molecular complexity index is 537. The molecule has 0 saturated heterocycles. The van der Waals surface area contributed by atoms with Gasteiger partial charge in [0, 0.05) is 12.1 Å². The predicted octanol–water partition coefficient (Wildman–Crippen LogP) is 1.47. The molecule has 0 aliphatic heterocycles. The number of tetrazole rings is 1. The lowest BCUT2D eigenvalue weighted by Crippen LogP contribution is -2.16. The van der Waals surface area contributed by atoms with Gasteiger partial charge in [0.25, 0.3) is 5.91 Å². The number of nitrogens with zero attached hydrogens (tertiary/aromatic N) is 4. The zero-order chi connectivity index (χ0) is 13.0. The molecule has 1 N–H and O–H groups in total. The third kappa shape index (κ3) is 2.68. The minimum atomic E-state index is -0.387. The third-order valence-corrected chi connectivity index (χ3v) is 2.30. The summed E-state index contributed by atoms with van der Waals surface area (Å²) in [4.78, 5) is 11.8. The molecule has 2 rings (SSSR count). The van der Waals surface area contributed by atoms with Crippen molar-refractivity contribution < 1.29 is 9.18 Å². The number of benzene rings is 1. The predicted molar refractivity (Wildman–Crippen MR) is 62.5 cm³/mol. The molecule has 0 unspecified atom stereocenters. The number of hydrogen-bond donors (Lipinski definition) is 1. The minimum Gasteiger partial charge on any atom is -0.289 e. The van der Waals surface area contributed by atoms with E-state index in [-0.39, 0.29) is 17.7 Å². The van der Waals surface area contributed by atoms with Crippen LogP contribution in [0.3, 0.4) is 0 Å². The monoisotopic (exact) mass is 249 g/mol. The number of aryl methyl sites for hydroxylation is 1. The molecule has 0 spiro atoms. The Kier molecular flexibility index (Phi) is 3.61. The summed E-state index contributed by atoms with van der Waals surface area (Å²) in [6, 6.07) is 5.26. The molecule has 0 saturated carbocycles. The Hall–Kier alpha value is -2.31. The summed E-state index contributed by atoms with van der Waals surface area (Å²) < 4.78 is 14.2. The van der Waals surface area contributed by atoms with E-state index < -0.39 is 0 Å². The smallest absolute Gasteiger partial charge is 0.258 e. The summed E-state index contributed by atoms with van der Waals surface area (Å²) in [5.74, 6) is -0.476. The number of halogens is 1. The lowest BCUT2D eigenvalue weighted by molar-refractivity contribution is 0.102. The maximum absolute atomic E-state index is 12.7. The van der Waals surface area contributed by atoms with Crippen LogP contribution in [-0.2, 0) is 6.54 Å². The lowest BCUT2D eigenvalue weighted by atomic mass is 10.2. The Morgan fingerprint density at radius 3 is 2.78 bits per heavy atom. The number of carbonyl (C=O) groups is 1. The fourth-order valence-corrected chi connectivity index (χ4v) is 1.43. The molecule has 0 aliphatic carbocycles. The van der Waals surface area contributed by atoms with Gasteiger partial charge in [-0.3, -0.25) is 10.1 Å².